The van der Waals surface area contributed by atoms with Crippen LogP contribution in [0.3, 0.4) is 0 Å². The summed E-state index contributed by atoms with van der Waals surface area (Å²) in [5, 5.41) is 2.88. The van der Waals surface area contributed by atoms with Crippen molar-refractivity contribution in [1.29, 1.82) is 0 Å². The minimum atomic E-state index is -0.0467. The van der Waals surface area contributed by atoms with Crippen LogP contribution < -0.4 is 10.1 Å². The summed E-state index contributed by atoms with van der Waals surface area (Å²) in [5.74, 6) is 0.669. The number of rotatable bonds is 7. The van der Waals surface area contributed by atoms with Gasteiger partial charge in [0.05, 0.1) is 17.4 Å². The van der Waals surface area contributed by atoms with Crippen LogP contribution in [0.25, 0.3) is 0 Å². The third-order valence-corrected chi connectivity index (χ3v) is 3.71. The summed E-state index contributed by atoms with van der Waals surface area (Å²) in [4.78, 5) is 11.9. The molecule has 0 saturated heterocycles. The van der Waals surface area contributed by atoms with Crippen LogP contribution in [-0.4, -0.2) is 21.2 Å². The minimum absolute atomic E-state index is 0.0467. The summed E-state index contributed by atoms with van der Waals surface area (Å²) in [6.07, 6.45) is 2.06. The van der Waals surface area contributed by atoms with E-state index in [2.05, 4.69) is 21.0 Å². The molecule has 0 radical (unpaired) electrons. The minimum Gasteiger partial charge on any atom is -0.487 e. The van der Waals surface area contributed by atoms with Crippen molar-refractivity contribution in [1.82, 2.24) is 14.1 Å². The van der Waals surface area contributed by atoms with Crippen molar-refractivity contribution >= 4 is 17.6 Å². The Kier molecular flexibility index (Phi) is 5.68. The number of aryl methyl sites for hydroxylation is 1. The van der Waals surface area contributed by atoms with Crippen molar-refractivity contribution < 1.29 is 9.53 Å². The standard InChI is InChI=1S/C15H19N3O2S/c1-3-4-9-16-15(19)12-5-7-13(8-6-12)20-10-14-11(2)17-21-18-14/h5-8H,3-4,9-10H2,1-2H3,(H,16,19). The van der Waals surface area contributed by atoms with Gasteiger partial charge in [-0.25, -0.2) is 0 Å². The van der Waals surface area contributed by atoms with Crippen LogP contribution >= 0.6 is 11.7 Å². The number of hydrogen-bond donors (Lipinski definition) is 1. The Bertz CT molecular complexity index is 581. The molecule has 5 nitrogen and oxygen atoms in total. The molecule has 1 N–H and O–H groups in total. The van der Waals surface area contributed by atoms with Gasteiger partial charge in [-0.3, -0.25) is 4.79 Å². The normalized spacial score (nSPS) is 10.4. The lowest BCUT2D eigenvalue weighted by molar-refractivity contribution is 0.0953. The maximum Gasteiger partial charge on any atom is 0.251 e. The zero-order valence-corrected chi connectivity index (χ0v) is 13.1. The van der Waals surface area contributed by atoms with Gasteiger partial charge in [0.25, 0.3) is 5.91 Å². The van der Waals surface area contributed by atoms with Gasteiger partial charge in [0.15, 0.2) is 0 Å². The van der Waals surface area contributed by atoms with Gasteiger partial charge in [0.1, 0.15) is 18.1 Å². The van der Waals surface area contributed by atoms with E-state index in [1.165, 1.54) is 11.7 Å². The van der Waals surface area contributed by atoms with E-state index in [9.17, 15) is 4.79 Å². The Labute approximate surface area is 128 Å². The van der Waals surface area contributed by atoms with Crippen molar-refractivity contribution in [3.8, 4) is 5.75 Å². The zero-order valence-electron chi connectivity index (χ0n) is 12.3. The zero-order chi connectivity index (χ0) is 15.1. The first-order chi connectivity index (χ1) is 10.2. The molecule has 0 aliphatic heterocycles. The molecule has 0 saturated carbocycles. The number of nitrogens with zero attached hydrogens (tertiary/aromatic N) is 2. The third kappa shape index (κ3) is 4.53. The molecular formula is C15H19N3O2S. The molecule has 1 heterocycles. The number of carbonyl (C=O) groups excluding carboxylic acids is 1. The lowest BCUT2D eigenvalue weighted by Crippen LogP contribution is -2.24. The van der Waals surface area contributed by atoms with E-state index < -0.39 is 0 Å². The first kappa shape index (κ1) is 15.4. The molecule has 1 amide bonds. The monoisotopic (exact) mass is 305 g/mol. The fourth-order valence-corrected chi connectivity index (χ4v) is 2.27. The van der Waals surface area contributed by atoms with Crippen molar-refractivity contribution in [2.24, 2.45) is 0 Å². The highest BCUT2D eigenvalue weighted by Crippen LogP contribution is 2.15. The van der Waals surface area contributed by atoms with Gasteiger partial charge in [-0.15, -0.1) is 0 Å². The van der Waals surface area contributed by atoms with Crippen molar-refractivity contribution in [2.75, 3.05) is 6.54 Å². The van der Waals surface area contributed by atoms with E-state index in [1.807, 2.05) is 6.92 Å². The van der Waals surface area contributed by atoms with Crippen LogP contribution in [0.15, 0.2) is 24.3 Å². The summed E-state index contributed by atoms with van der Waals surface area (Å²) >= 11 is 1.18. The second-order valence-corrected chi connectivity index (χ2v) is 5.25. The summed E-state index contributed by atoms with van der Waals surface area (Å²) in [5.41, 5.74) is 2.39. The fourth-order valence-electron chi connectivity index (χ4n) is 1.72. The summed E-state index contributed by atoms with van der Waals surface area (Å²) < 4.78 is 13.9. The van der Waals surface area contributed by atoms with E-state index in [0.717, 1.165) is 24.2 Å². The lowest BCUT2D eigenvalue weighted by atomic mass is 10.2. The first-order valence-electron chi connectivity index (χ1n) is 6.99. The molecule has 0 spiro atoms. The Balaban J connectivity index is 1.87. The van der Waals surface area contributed by atoms with Crippen molar-refractivity contribution in [3.63, 3.8) is 0 Å². The Hall–Kier alpha value is -1.95. The molecule has 6 heteroatoms. The number of amides is 1. The van der Waals surface area contributed by atoms with Crippen molar-refractivity contribution in [3.05, 3.63) is 41.2 Å². The third-order valence-electron chi connectivity index (χ3n) is 3.05. The summed E-state index contributed by atoms with van der Waals surface area (Å²) in [7, 11) is 0. The Morgan fingerprint density at radius 2 is 2.05 bits per heavy atom. The average Bonchev–Trinajstić information content (AvgIpc) is 2.91. The van der Waals surface area contributed by atoms with Crippen LogP contribution in [0.5, 0.6) is 5.75 Å². The van der Waals surface area contributed by atoms with Crippen LogP contribution in [0.4, 0.5) is 0 Å². The predicted octanol–water partition coefficient (Wildman–Crippen LogP) is 2.96. The molecule has 0 unspecified atom stereocenters. The molecule has 1 aromatic heterocycles. The molecule has 0 fully saturated rings. The molecule has 0 aliphatic carbocycles. The topological polar surface area (TPSA) is 64.1 Å². The molecule has 2 aromatic rings. The second-order valence-electron chi connectivity index (χ2n) is 4.72. The molecule has 1 aromatic carbocycles. The van der Waals surface area contributed by atoms with Gasteiger partial charge in [-0.05, 0) is 37.6 Å². The quantitative estimate of drug-likeness (QED) is 0.799. The number of nitrogens with one attached hydrogen (secondary N) is 1. The number of hydrogen-bond acceptors (Lipinski definition) is 5. The molecule has 21 heavy (non-hydrogen) atoms. The van der Waals surface area contributed by atoms with E-state index in [-0.39, 0.29) is 5.91 Å². The van der Waals surface area contributed by atoms with E-state index >= 15 is 0 Å². The number of unbranched alkanes of at least 4 members (excludes halogenated alkanes) is 1. The highest BCUT2D eigenvalue weighted by Gasteiger charge is 2.06. The molecule has 0 aliphatic rings. The van der Waals surface area contributed by atoms with Crippen LogP contribution in [0, 0.1) is 6.92 Å². The molecule has 0 bridgehead atoms. The van der Waals surface area contributed by atoms with Gasteiger partial charge in [0, 0.05) is 12.1 Å². The Morgan fingerprint density at radius 3 is 2.67 bits per heavy atom. The van der Waals surface area contributed by atoms with Gasteiger partial charge < -0.3 is 10.1 Å². The average molecular weight is 305 g/mol. The number of benzene rings is 1. The lowest BCUT2D eigenvalue weighted by Gasteiger charge is -2.07. The van der Waals surface area contributed by atoms with Crippen LogP contribution in [-0.2, 0) is 6.61 Å². The van der Waals surface area contributed by atoms with Crippen LogP contribution in [0.2, 0.25) is 0 Å². The second kappa shape index (κ2) is 7.73. The molecular weight excluding hydrogens is 286 g/mol. The highest BCUT2D eigenvalue weighted by molar-refractivity contribution is 6.99. The van der Waals surface area contributed by atoms with E-state index in [1.54, 1.807) is 24.3 Å². The number of ether oxygens (including phenoxy) is 1. The number of aromatic nitrogens is 2. The largest absolute Gasteiger partial charge is 0.487 e. The van der Waals surface area contributed by atoms with Crippen molar-refractivity contribution in [2.45, 2.75) is 33.3 Å². The SMILES string of the molecule is CCCCNC(=O)c1ccc(OCc2nsnc2C)cc1. The van der Waals surface area contributed by atoms with Gasteiger partial charge in [-0.1, -0.05) is 13.3 Å². The summed E-state index contributed by atoms with van der Waals surface area (Å²) in [6.45, 7) is 5.11. The maximum atomic E-state index is 11.9. The predicted molar refractivity (Wildman–Crippen MR) is 82.7 cm³/mol. The molecule has 112 valence electrons. The Morgan fingerprint density at radius 1 is 1.29 bits per heavy atom. The maximum absolute atomic E-state index is 11.9. The highest BCUT2D eigenvalue weighted by atomic mass is 32.1. The molecule has 0 atom stereocenters. The van der Waals surface area contributed by atoms with Gasteiger partial charge in [0.2, 0.25) is 0 Å². The fraction of sp³-hybridized carbons (Fsp3) is 0.400. The van der Waals surface area contributed by atoms with Crippen LogP contribution in [0.1, 0.15) is 41.5 Å². The first-order valence-corrected chi connectivity index (χ1v) is 7.73. The van der Waals surface area contributed by atoms with E-state index in [0.29, 0.717) is 24.5 Å². The number of carbonyl (C=O) groups is 1. The summed E-state index contributed by atoms with van der Waals surface area (Å²) in [6, 6.07) is 7.12. The van der Waals surface area contributed by atoms with E-state index in [4.69, 9.17) is 4.74 Å². The smallest absolute Gasteiger partial charge is 0.251 e. The molecule has 2 rings (SSSR count). The van der Waals surface area contributed by atoms with Gasteiger partial charge >= 0.3 is 0 Å². The van der Waals surface area contributed by atoms with Gasteiger partial charge in [-0.2, -0.15) is 8.75 Å².